The van der Waals surface area contributed by atoms with Crippen LogP contribution >= 0.6 is 7.82 Å². The largest absolute Gasteiger partial charge is 0.469 e. The predicted molar refractivity (Wildman–Crippen MR) is 213 cm³/mol. The maximum Gasteiger partial charge on any atom is 0.469 e. The van der Waals surface area contributed by atoms with Crippen molar-refractivity contribution in [3.8, 4) is 0 Å². The predicted octanol–water partition coefficient (Wildman–Crippen LogP) is 11.2. The number of hydrogen-bond donors (Lipinski definition) is 3. The van der Waals surface area contributed by atoms with Crippen molar-refractivity contribution >= 4 is 19.8 Å². The highest BCUT2D eigenvalue weighted by Crippen LogP contribution is 2.36. The molecule has 0 spiro atoms. The summed E-state index contributed by atoms with van der Waals surface area (Å²) in [7, 11) is -4.80. The maximum atomic E-state index is 12.4. The SMILES string of the molecule is CCCCC/C=C\C/C=C\C/C=C\C=C\[C@@H](O)CCCC(=O)OC[C@H](COP(=O)(O)O)OC(=O)CCCCCCCCCCCCCCCC(C)C. The van der Waals surface area contributed by atoms with Gasteiger partial charge >= 0.3 is 19.8 Å². The molecule has 0 unspecified atom stereocenters. The second-order valence-corrected chi connectivity index (χ2v) is 15.5. The number of esters is 2. The van der Waals surface area contributed by atoms with Crippen molar-refractivity contribution in [2.24, 2.45) is 5.92 Å². The van der Waals surface area contributed by atoms with Gasteiger partial charge in [-0.15, -0.1) is 0 Å². The van der Waals surface area contributed by atoms with Gasteiger partial charge in [0, 0.05) is 12.8 Å². The number of carbonyl (C=O) groups is 2. The van der Waals surface area contributed by atoms with Gasteiger partial charge in [-0.2, -0.15) is 0 Å². The summed E-state index contributed by atoms with van der Waals surface area (Å²) in [6.45, 7) is 5.81. The Morgan fingerprint density at radius 1 is 0.635 bits per heavy atom. The molecule has 0 aromatic rings. The van der Waals surface area contributed by atoms with E-state index in [2.05, 4.69) is 49.6 Å². The van der Waals surface area contributed by atoms with Gasteiger partial charge in [-0.3, -0.25) is 14.1 Å². The molecule has 0 amide bonds. The van der Waals surface area contributed by atoms with Crippen LogP contribution in [0.25, 0.3) is 0 Å². The third kappa shape index (κ3) is 39.2. The van der Waals surface area contributed by atoms with E-state index in [-0.39, 0.29) is 19.4 Å². The van der Waals surface area contributed by atoms with Crippen LogP contribution in [-0.2, 0) is 28.2 Å². The molecular formula is C42H75O9P. The van der Waals surface area contributed by atoms with E-state index in [9.17, 15) is 19.3 Å². The second-order valence-electron chi connectivity index (χ2n) is 14.3. The number of aliphatic hydroxyl groups is 1. The van der Waals surface area contributed by atoms with Gasteiger partial charge in [0.1, 0.15) is 6.61 Å². The molecule has 0 bridgehead atoms. The van der Waals surface area contributed by atoms with Gasteiger partial charge in [-0.25, -0.2) is 4.57 Å². The Kier molecular flexibility index (Phi) is 34.6. The van der Waals surface area contributed by atoms with Crippen LogP contribution in [-0.4, -0.2) is 52.3 Å². The zero-order valence-corrected chi connectivity index (χ0v) is 33.9. The molecule has 0 heterocycles. The Morgan fingerprint density at radius 3 is 1.79 bits per heavy atom. The van der Waals surface area contributed by atoms with Crippen LogP contribution in [0, 0.1) is 5.92 Å². The molecule has 2 atom stereocenters. The molecule has 0 aromatic heterocycles. The van der Waals surface area contributed by atoms with Gasteiger partial charge < -0.3 is 24.4 Å². The first-order valence-corrected chi connectivity index (χ1v) is 21.9. The van der Waals surface area contributed by atoms with Gasteiger partial charge in [-0.1, -0.05) is 166 Å². The molecule has 0 rings (SSSR count). The summed E-state index contributed by atoms with van der Waals surface area (Å²) in [6.07, 6.45) is 38.7. The molecule has 0 aliphatic rings. The lowest BCUT2D eigenvalue weighted by atomic mass is 10.0. The highest BCUT2D eigenvalue weighted by Gasteiger charge is 2.23. The van der Waals surface area contributed by atoms with Crippen molar-refractivity contribution in [3.05, 3.63) is 48.6 Å². The summed E-state index contributed by atoms with van der Waals surface area (Å²) in [5.41, 5.74) is 0. The number of phosphoric acid groups is 1. The number of allylic oxidation sites excluding steroid dienone is 7. The standard InChI is InChI=1S/C42H75O9P/c1-4-5-6-7-8-9-10-12-16-19-22-25-28-32-39(43)33-30-35-41(44)49-36-40(37-50-52(46,47)48)51-42(45)34-29-26-23-20-17-14-11-13-15-18-21-24-27-31-38(2)3/h8-9,12,16,22,25,28,32,38-40,43H,4-7,10-11,13-15,17-21,23-24,26-27,29-31,33-37H2,1-3H3,(H2,46,47,48)/b9-8-,16-12-,25-22-,32-28+/t39-,40-/m1/s1. The first-order chi connectivity index (χ1) is 25.0. The Morgan fingerprint density at radius 2 is 1.19 bits per heavy atom. The Labute approximate surface area is 317 Å². The van der Waals surface area contributed by atoms with Crippen LogP contribution in [0.4, 0.5) is 0 Å². The number of aliphatic hydroxyl groups excluding tert-OH is 1. The minimum atomic E-state index is -4.80. The van der Waals surface area contributed by atoms with Crippen molar-refractivity contribution in [2.45, 2.75) is 187 Å². The number of phosphoric ester groups is 1. The summed E-state index contributed by atoms with van der Waals surface area (Å²) >= 11 is 0. The zero-order chi connectivity index (χ0) is 38.5. The second kappa shape index (κ2) is 36.0. The summed E-state index contributed by atoms with van der Waals surface area (Å²) in [6, 6.07) is 0. The molecule has 302 valence electrons. The van der Waals surface area contributed by atoms with E-state index in [1.807, 2.05) is 12.2 Å². The average Bonchev–Trinajstić information content (AvgIpc) is 3.09. The van der Waals surface area contributed by atoms with Gasteiger partial charge in [-0.05, 0) is 50.9 Å². The number of hydrogen-bond acceptors (Lipinski definition) is 7. The lowest BCUT2D eigenvalue weighted by Crippen LogP contribution is -2.29. The van der Waals surface area contributed by atoms with Gasteiger partial charge in [0.2, 0.25) is 0 Å². The summed E-state index contributed by atoms with van der Waals surface area (Å²) < 4.78 is 26.2. The molecule has 0 fully saturated rings. The van der Waals surface area contributed by atoms with Crippen LogP contribution in [0.5, 0.6) is 0 Å². The highest BCUT2D eigenvalue weighted by molar-refractivity contribution is 7.46. The lowest BCUT2D eigenvalue weighted by molar-refractivity contribution is -0.161. The fourth-order valence-corrected chi connectivity index (χ4v) is 5.90. The van der Waals surface area contributed by atoms with Crippen LogP contribution in [0.3, 0.4) is 0 Å². The van der Waals surface area contributed by atoms with Gasteiger partial charge in [0.05, 0.1) is 12.7 Å². The van der Waals surface area contributed by atoms with E-state index >= 15 is 0 Å². The molecule has 9 nitrogen and oxygen atoms in total. The summed E-state index contributed by atoms with van der Waals surface area (Å²) in [5.74, 6) is -0.271. The van der Waals surface area contributed by atoms with Crippen molar-refractivity contribution in [1.29, 1.82) is 0 Å². The molecule has 0 aliphatic heterocycles. The van der Waals surface area contributed by atoms with E-state index in [0.29, 0.717) is 19.3 Å². The molecule has 3 N–H and O–H groups in total. The fourth-order valence-electron chi connectivity index (χ4n) is 5.54. The number of unbranched alkanes of at least 4 members (excludes halogenated alkanes) is 15. The maximum absolute atomic E-state index is 12.4. The van der Waals surface area contributed by atoms with Crippen molar-refractivity contribution in [2.75, 3.05) is 13.2 Å². The minimum absolute atomic E-state index is 0.0389. The molecular weight excluding hydrogens is 679 g/mol. The van der Waals surface area contributed by atoms with Gasteiger partial charge in [0.15, 0.2) is 6.10 Å². The normalized spacial score (nSPS) is 13.7. The number of rotatable bonds is 36. The zero-order valence-electron chi connectivity index (χ0n) is 33.0. The Balaban J connectivity index is 4.12. The van der Waals surface area contributed by atoms with E-state index < -0.39 is 38.6 Å². The number of carbonyl (C=O) groups excluding carboxylic acids is 2. The Hall–Kier alpha value is -2.03. The van der Waals surface area contributed by atoms with Crippen LogP contribution in [0.2, 0.25) is 0 Å². The van der Waals surface area contributed by atoms with Gasteiger partial charge in [0.25, 0.3) is 0 Å². The topological polar surface area (TPSA) is 140 Å². The highest BCUT2D eigenvalue weighted by atomic mass is 31.2. The lowest BCUT2D eigenvalue weighted by Gasteiger charge is -2.18. The quantitative estimate of drug-likeness (QED) is 0.0187. The molecule has 0 saturated carbocycles. The first-order valence-electron chi connectivity index (χ1n) is 20.4. The monoisotopic (exact) mass is 755 g/mol. The van der Waals surface area contributed by atoms with Crippen molar-refractivity contribution < 1.29 is 43.0 Å². The smallest absolute Gasteiger partial charge is 0.462 e. The van der Waals surface area contributed by atoms with Crippen LogP contribution < -0.4 is 0 Å². The molecule has 0 aromatic carbocycles. The molecule has 0 saturated heterocycles. The van der Waals surface area contributed by atoms with Crippen molar-refractivity contribution in [1.82, 2.24) is 0 Å². The van der Waals surface area contributed by atoms with E-state index in [1.165, 1.54) is 83.5 Å². The minimum Gasteiger partial charge on any atom is -0.462 e. The van der Waals surface area contributed by atoms with E-state index in [1.54, 1.807) is 12.2 Å². The molecule has 0 aliphatic carbocycles. The number of ether oxygens (including phenoxy) is 2. The molecule has 10 heteroatoms. The van der Waals surface area contributed by atoms with Crippen LogP contribution in [0.1, 0.15) is 175 Å². The molecule has 52 heavy (non-hydrogen) atoms. The Bertz CT molecular complexity index is 1010. The van der Waals surface area contributed by atoms with E-state index in [4.69, 9.17) is 19.3 Å². The third-order valence-electron chi connectivity index (χ3n) is 8.63. The third-order valence-corrected chi connectivity index (χ3v) is 9.12. The van der Waals surface area contributed by atoms with Crippen molar-refractivity contribution in [3.63, 3.8) is 0 Å². The van der Waals surface area contributed by atoms with Crippen LogP contribution in [0.15, 0.2) is 48.6 Å². The first kappa shape index (κ1) is 50.0. The average molecular weight is 755 g/mol. The summed E-state index contributed by atoms with van der Waals surface area (Å²) in [4.78, 5) is 42.8. The summed E-state index contributed by atoms with van der Waals surface area (Å²) in [5, 5.41) is 10.2. The van der Waals surface area contributed by atoms with E-state index in [0.717, 1.165) is 44.4 Å². The molecule has 0 radical (unpaired) electrons. The fraction of sp³-hybridized carbons (Fsp3) is 0.762.